The van der Waals surface area contributed by atoms with Gasteiger partial charge >= 0.3 is 5.97 Å². The Hall–Kier alpha value is -3.01. The molecule has 24 heavy (non-hydrogen) atoms. The molecule has 120 valence electrons. The van der Waals surface area contributed by atoms with Crippen molar-refractivity contribution in [1.82, 2.24) is 9.97 Å². The summed E-state index contributed by atoms with van der Waals surface area (Å²) < 4.78 is 0. The molecule has 0 bridgehead atoms. The molecule has 0 aliphatic rings. The molecule has 1 atom stereocenters. The number of aromatic nitrogens is 2. The van der Waals surface area contributed by atoms with Crippen molar-refractivity contribution in [3.63, 3.8) is 0 Å². The van der Waals surface area contributed by atoms with E-state index in [4.69, 9.17) is 0 Å². The Morgan fingerprint density at radius 1 is 0.958 bits per heavy atom. The first kappa shape index (κ1) is 15.9. The lowest BCUT2D eigenvalue weighted by atomic mass is 10.0. The number of nitrogens with zero attached hydrogens (tertiary/aromatic N) is 2. The fourth-order valence-electron chi connectivity index (χ4n) is 2.69. The highest BCUT2D eigenvalue weighted by molar-refractivity contribution is 5.79. The second-order valence-corrected chi connectivity index (χ2v) is 5.52. The summed E-state index contributed by atoms with van der Waals surface area (Å²) in [6.45, 7) is 1.84. The van der Waals surface area contributed by atoms with Crippen molar-refractivity contribution in [2.75, 3.05) is 0 Å². The van der Waals surface area contributed by atoms with Gasteiger partial charge in [0.1, 0.15) is 5.92 Å². The zero-order chi connectivity index (χ0) is 16.9. The molecule has 2 aromatic carbocycles. The number of hydrogen-bond acceptors (Lipinski definition) is 3. The molecule has 1 N–H and O–H groups in total. The monoisotopic (exact) mass is 318 g/mol. The van der Waals surface area contributed by atoms with E-state index in [1.807, 2.05) is 67.6 Å². The van der Waals surface area contributed by atoms with Crippen LogP contribution in [0.5, 0.6) is 0 Å². The van der Waals surface area contributed by atoms with Crippen LogP contribution in [-0.4, -0.2) is 21.0 Å². The summed E-state index contributed by atoms with van der Waals surface area (Å²) in [7, 11) is 0. The molecule has 0 saturated carbocycles. The maximum atomic E-state index is 11.5. The van der Waals surface area contributed by atoms with Crippen LogP contribution in [0.15, 0.2) is 66.9 Å². The Balaban J connectivity index is 2.19. The van der Waals surface area contributed by atoms with Crippen LogP contribution in [0.3, 0.4) is 0 Å². The van der Waals surface area contributed by atoms with Gasteiger partial charge in [0.15, 0.2) is 0 Å². The lowest BCUT2D eigenvalue weighted by Crippen LogP contribution is -2.13. The van der Waals surface area contributed by atoms with Gasteiger partial charge < -0.3 is 5.11 Å². The third-order valence-corrected chi connectivity index (χ3v) is 3.95. The minimum Gasteiger partial charge on any atom is -0.481 e. The maximum Gasteiger partial charge on any atom is 0.312 e. The van der Waals surface area contributed by atoms with Crippen molar-refractivity contribution >= 4 is 5.97 Å². The summed E-state index contributed by atoms with van der Waals surface area (Å²) in [6, 6.07) is 19.5. The lowest BCUT2D eigenvalue weighted by Gasteiger charge is -2.14. The third-order valence-electron chi connectivity index (χ3n) is 3.95. The van der Waals surface area contributed by atoms with Gasteiger partial charge in [-0.15, -0.1) is 0 Å². The van der Waals surface area contributed by atoms with E-state index in [1.54, 1.807) is 6.20 Å². The van der Waals surface area contributed by atoms with Crippen molar-refractivity contribution in [1.29, 1.82) is 0 Å². The number of carboxylic acids is 1. The van der Waals surface area contributed by atoms with E-state index in [9.17, 15) is 9.90 Å². The van der Waals surface area contributed by atoms with Gasteiger partial charge in [-0.25, -0.2) is 4.98 Å². The smallest absolute Gasteiger partial charge is 0.312 e. The van der Waals surface area contributed by atoms with E-state index in [1.165, 1.54) is 0 Å². The van der Waals surface area contributed by atoms with E-state index in [0.717, 1.165) is 16.8 Å². The summed E-state index contributed by atoms with van der Waals surface area (Å²) in [4.78, 5) is 20.7. The largest absolute Gasteiger partial charge is 0.481 e. The number of rotatable bonds is 5. The Kier molecular flexibility index (Phi) is 4.66. The summed E-state index contributed by atoms with van der Waals surface area (Å²) in [5, 5.41) is 9.41. The Morgan fingerprint density at radius 2 is 1.50 bits per heavy atom. The second-order valence-electron chi connectivity index (χ2n) is 5.52. The number of benzene rings is 2. The average Bonchev–Trinajstić information content (AvgIpc) is 2.63. The van der Waals surface area contributed by atoms with Gasteiger partial charge in [-0.1, -0.05) is 67.6 Å². The predicted octanol–water partition coefficient (Wildman–Crippen LogP) is 4.39. The van der Waals surface area contributed by atoms with E-state index in [2.05, 4.69) is 9.97 Å². The quantitative estimate of drug-likeness (QED) is 0.758. The molecule has 0 spiro atoms. The van der Waals surface area contributed by atoms with Crippen LogP contribution in [0.25, 0.3) is 22.5 Å². The van der Waals surface area contributed by atoms with Gasteiger partial charge in [-0.05, 0) is 6.42 Å². The van der Waals surface area contributed by atoms with Crippen molar-refractivity contribution in [2.24, 2.45) is 0 Å². The van der Waals surface area contributed by atoms with Crippen LogP contribution in [-0.2, 0) is 4.79 Å². The van der Waals surface area contributed by atoms with Crippen LogP contribution in [0.2, 0.25) is 0 Å². The van der Waals surface area contributed by atoms with Crippen LogP contribution >= 0.6 is 0 Å². The van der Waals surface area contributed by atoms with E-state index >= 15 is 0 Å². The van der Waals surface area contributed by atoms with Crippen molar-refractivity contribution in [2.45, 2.75) is 19.3 Å². The summed E-state index contributed by atoms with van der Waals surface area (Å²) in [5.41, 5.74) is 3.83. The Bertz CT molecular complexity index is 833. The molecule has 0 fully saturated rings. The molecule has 0 radical (unpaired) electrons. The lowest BCUT2D eigenvalue weighted by molar-refractivity contribution is -0.138. The average molecular weight is 318 g/mol. The minimum absolute atomic E-state index is 0.475. The predicted molar refractivity (Wildman–Crippen MR) is 93.6 cm³/mol. The molecule has 1 aromatic heterocycles. The van der Waals surface area contributed by atoms with Crippen molar-refractivity contribution in [3.8, 4) is 22.5 Å². The van der Waals surface area contributed by atoms with Gasteiger partial charge in [0.25, 0.3) is 0 Å². The van der Waals surface area contributed by atoms with Gasteiger partial charge in [-0.2, -0.15) is 0 Å². The van der Waals surface area contributed by atoms with E-state index in [0.29, 0.717) is 17.8 Å². The van der Waals surface area contributed by atoms with Gasteiger partial charge in [0.05, 0.1) is 23.3 Å². The fraction of sp³-hybridized carbons (Fsp3) is 0.150. The molecule has 0 amide bonds. The van der Waals surface area contributed by atoms with Gasteiger partial charge in [-0.3, -0.25) is 9.78 Å². The van der Waals surface area contributed by atoms with E-state index < -0.39 is 11.9 Å². The maximum absolute atomic E-state index is 11.5. The highest BCUT2D eigenvalue weighted by atomic mass is 16.4. The Morgan fingerprint density at radius 3 is 2.00 bits per heavy atom. The number of hydrogen-bond donors (Lipinski definition) is 1. The molecule has 0 aliphatic carbocycles. The van der Waals surface area contributed by atoms with Crippen molar-refractivity contribution < 1.29 is 9.90 Å². The molecule has 0 aliphatic heterocycles. The van der Waals surface area contributed by atoms with Crippen molar-refractivity contribution in [3.05, 3.63) is 72.6 Å². The van der Waals surface area contributed by atoms with Gasteiger partial charge in [0, 0.05) is 11.1 Å². The zero-order valence-corrected chi connectivity index (χ0v) is 13.4. The third kappa shape index (κ3) is 3.18. The summed E-state index contributed by atoms with van der Waals surface area (Å²) in [5.74, 6) is -1.52. The van der Waals surface area contributed by atoms with Crippen LogP contribution in [0.4, 0.5) is 0 Å². The molecular weight excluding hydrogens is 300 g/mol. The van der Waals surface area contributed by atoms with E-state index in [-0.39, 0.29) is 0 Å². The minimum atomic E-state index is -0.877. The molecule has 1 heterocycles. The first-order valence-corrected chi connectivity index (χ1v) is 7.91. The normalized spacial score (nSPS) is 11.9. The highest BCUT2D eigenvalue weighted by Gasteiger charge is 2.22. The number of carbonyl (C=O) groups is 1. The van der Waals surface area contributed by atoms with Crippen LogP contribution in [0, 0.1) is 0 Å². The molecule has 1 unspecified atom stereocenters. The fourth-order valence-corrected chi connectivity index (χ4v) is 2.69. The molecule has 3 aromatic rings. The van der Waals surface area contributed by atoms with Crippen LogP contribution < -0.4 is 0 Å². The first-order chi connectivity index (χ1) is 11.7. The summed E-state index contributed by atoms with van der Waals surface area (Å²) >= 11 is 0. The molecule has 4 nitrogen and oxygen atoms in total. The number of aliphatic carboxylic acids is 1. The molecule has 0 saturated heterocycles. The summed E-state index contributed by atoms with van der Waals surface area (Å²) in [6.07, 6.45) is 2.06. The Labute approximate surface area is 140 Å². The number of carboxylic acid groups (broad SMARTS) is 1. The SMILES string of the molecule is CCC(C(=O)O)c1cnc(-c2ccccc2)c(-c2ccccc2)n1. The second kappa shape index (κ2) is 7.04. The standard InChI is InChI=1S/C20H18N2O2/c1-2-16(20(23)24)17-13-21-18(14-9-5-3-6-10-14)19(22-17)15-11-7-4-8-12-15/h3-13,16H,2H2,1H3,(H,23,24). The first-order valence-electron chi connectivity index (χ1n) is 7.91. The highest BCUT2D eigenvalue weighted by Crippen LogP contribution is 2.30. The van der Waals surface area contributed by atoms with Gasteiger partial charge in [0.2, 0.25) is 0 Å². The topological polar surface area (TPSA) is 63.1 Å². The molecule has 4 heteroatoms. The molecular formula is C20H18N2O2. The zero-order valence-electron chi connectivity index (χ0n) is 13.4. The van der Waals surface area contributed by atoms with Crippen LogP contribution in [0.1, 0.15) is 25.0 Å². The molecule has 3 rings (SSSR count).